The quantitative estimate of drug-likeness (QED) is 0.702. The Morgan fingerprint density at radius 1 is 1.20 bits per heavy atom. The molecule has 3 aliphatic heterocycles. The Balaban J connectivity index is 1.62. The molecule has 3 aliphatic rings. The van der Waals surface area contributed by atoms with Gasteiger partial charge in [0.1, 0.15) is 12.2 Å². The monoisotopic (exact) mass is 414 g/mol. The topological polar surface area (TPSA) is 80.7 Å². The van der Waals surface area contributed by atoms with Crippen LogP contribution in [-0.2, 0) is 16.1 Å². The van der Waals surface area contributed by atoms with E-state index in [2.05, 4.69) is 17.1 Å². The minimum absolute atomic E-state index is 0.0232. The Labute approximate surface area is 177 Å². The number of urea groups is 1. The maximum Gasteiger partial charge on any atom is 0.328 e. The number of hydrogen-bond acceptors (Lipinski definition) is 7. The molecule has 4 atom stereocenters. The predicted octanol–water partition coefficient (Wildman–Crippen LogP) is 1.08. The number of benzene rings is 1. The average Bonchev–Trinajstić information content (AvgIpc) is 3.15. The molecule has 30 heavy (non-hydrogen) atoms. The molecule has 9 nitrogen and oxygen atoms in total. The van der Waals surface area contributed by atoms with E-state index >= 15 is 0 Å². The lowest BCUT2D eigenvalue weighted by molar-refractivity contribution is -0.140. The minimum atomic E-state index is -0.476. The summed E-state index contributed by atoms with van der Waals surface area (Å²) in [5.74, 6) is -0.173. The van der Waals surface area contributed by atoms with Crippen LogP contribution < -0.4 is 5.32 Å². The van der Waals surface area contributed by atoms with Gasteiger partial charge in [-0.25, -0.2) is 9.69 Å². The zero-order chi connectivity index (χ0) is 21.4. The molecule has 0 aromatic heterocycles. The van der Waals surface area contributed by atoms with Crippen molar-refractivity contribution in [2.45, 2.75) is 51.9 Å². The Morgan fingerprint density at radius 3 is 2.63 bits per heavy atom. The number of nitrogens with zero attached hydrogens (tertiary/aromatic N) is 5. The second-order valence-corrected chi connectivity index (χ2v) is 7.96. The molecule has 0 radical (unpaired) electrons. The van der Waals surface area contributed by atoms with E-state index in [1.807, 2.05) is 49.2 Å². The van der Waals surface area contributed by atoms with Crippen LogP contribution >= 0.6 is 0 Å². The van der Waals surface area contributed by atoms with Crippen molar-refractivity contribution >= 4 is 17.6 Å². The van der Waals surface area contributed by atoms with Crippen LogP contribution in [0.4, 0.5) is 4.79 Å². The van der Waals surface area contributed by atoms with Crippen molar-refractivity contribution in [2.24, 2.45) is 5.10 Å². The fraction of sp³-hybridized carbons (Fsp3) is 0.571. The third-order valence-electron chi connectivity index (χ3n) is 6.16. The van der Waals surface area contributed by atoms with Gasteiger partial charge in [0.05, 0.1) is 31.4 Å². The Morgan fingerprint density at radius 2 is 1.93 bits per heavy atom. The number of carbonyl (C=O) groups is 2. The maximum atomic E-state index is 13.6. The molecule has 9 heteroatoms. The third-order valence-corrected chi connectivity index (χ3v) is 6.16. The first-order valence-electron chi connectivity index (χ1n) is 10.5. The van der Waals surface area contributed by atoms with Crippen LogP contribution in [0.5, 0.6) is 0 Å². The Kier molecular flexibility index (Phi) is 5.77. The van der Waals surface area contributed by atoms with Gasteiger partial charge >= 0.3 is 6.03 Å². The normalized spacial score (nSPS) is 29.2. The van der Waals surface area contributed by atoms with E-state index in [1.165, 1.54) is 4.90 Å². The van der Waals surface area contributed by atoms with E-state index in [-0.39, 0.29) is 30.8 Å². The lowest BCUT2D eigenvalue weighted by atomic mass is 10.0. The summed E-state index contributed by atoms with van der Waals surface area (Å²) in [6.07, 6.45) is -0.671. The summed E-state index contributed by atoms with van der Waals surface area (Å²) in [5.41, 5.74) is 1.86. The molecule has 1 N–H and O–H groups in total. The largest absolute Gasteiger partial charge is 0.380 e. The van der Waals surface area contributed by atoms with Crippen molar-refractivity contribution < 1.29 is 14.3 Å². The summed E-state index contributed by atoms with van der Waals surface area (Å²) < 4.78 is 5.51. The van der Waals surface area contributed by atoms with Gasteiger partial charge in [0, 0.05) is 13.7 Å². The number of fused-ring (bicyclic) bond motifs is 3. The first kappa shape index (κ1) is 20.8. The van der Waals surface area contributed by atoms with E-state index in [4.69, 9.17) is 9.84 Å². The number of hydrogen-bond donors (Lipinski definition) is 1. The van der Waals surface area contributed by atoms with E-state index in [9.17, 15) is 9.59 Å². The van der Waals surface area contributed by atoms with Crippen molar-refractivity contribution in [3.63, 3.8) is 0 Å². The summed E-state index contributed by atoms with van der Waals surface area (Å²) in [6, 6.07) is 8.82. The van der Waals surface area contributed by atoms with Crippen LogP contribution in [0.2, 0.25) is 0 Å². The second-order valence-electron chi connectivity index (χ2n) is 7.96. The van der Waals surface area contributed by atoms with Crippen molar-refractivity contribution in [1.82, 2.24) is 25.0 Å². The zero-order valence-electron chi connectivity index (χ0n) is 18.0. The molecule has 3 amide bonds. The maximum absolute atomic E-state index is 13.6. The summed E-state index contributed by atoms with van der Waals surface area (Å²) in [5, 5.41) is 10.1. The number of carbonyl (C=O) groups excluding carboxylic acids is 2. The van der Waals surface area contributed by atoms with E-state index < -0.39 is 12.2 Å². The van der Waals surface area contributed by atoms with Gasteiger partial charge in [-0.3, -0.25) is 20.0 Å². The molecule has 2 saturated heterocycles. The van der Waals surface area contributed by atoms with Gasteiger partial charge < -0.3 is 9.64 Å². The van der Waals surface area contributed by atoms with Gasteiger partial charge in [0.15, 0.2) is 6.29 Å². The number of rotatable bonds is 6. The van der Waals surface area contributed by atoms with Crippen LogP contribution in [0.15, 0.2) is 35.4 Å². The molecule has 0 bridgehead atoms. The smallest absolute Gasteiger partial charge is 0.328 e. The van der Waals surface area contributed by atoms with Crippen molar-refractivity contribution in [1.29, 1.82) is 0 Å². The summed E-state index contributed by atoms with van der Waals surface area (Å²) in [4.78, 5) is 31.7. The van der Waals surface area contributed by atoms with Gasteiger partial charge in [-0.15, -0.1) is 0 Å². The van der Waals surface area contributed by atoms with Crippen LogP contribution in [0.3, 0.4) is 0 Å². The molecule has 1 aromatic rings. The van der Waals surface area contributed by atoms with Gasteiger partial charge in [-0.2, -0.15) is 5.10 Å². The molecular weight excluding hydrogens is 384 g/mol. The fourth-order valence-corrected chi connectivity index (χ4v) is 4.43. The van der Waals surface area contributed by atoms with Gasteiger partial charge in [-0.05, 0) is 26.3 Å². The minimum Gasteiger partial charge on any atom is -0.380 e. The Bertz CT molecular complexity index is 831. The van der Waals surface area contributed by atoms with Crippen molar-refractivity contribution in [3.8, 4) is 0 Å². The summed E-state index contributed by atoms with van der Waals surface area (Å²) in [6.45, 7) is 8.05. The highest BCUT2D eigenvalue weighted by molar-refractivity contribution is 6.01. The standard InChI is InChI=1S/C21H30N6O3/c1-5-30-12-11-26-20-22-18-17(27(20)15(3)14(2)23-26)19(28)25(21(29)24(18)4)13-16-9-7-6-8-10-16/h6-10,15,17-18,20,22H,5,11-13H2,1-4H3. The van der Waals surface area contributed by atoms with Crippen molar-refractivity contribution in [2.75, 3.05) is 26.8 Å². The molecule has 1 aromatic carbocycles. The number of hydrazone groups is 1. The summed E-state index contributed by atoms with van der Waals surface area (Å²) >= 11 is 0. The van der Waals surface area contributed by atoms with Gasteiger partial charge in [-0.1, -0.05) is 30.3 Å². The Hall–Kier alpha value is -2.49. The van der Waals surface area contributed by atoms with Crippen molar-refractivity contribution in [3.05, 3.63) is 35.9 Å². The molecule has 4 unspecified atom stereocenters. The zero-order valence-corrected chi connectivity index (χ0v) is 18.0. The lowest BCUT2D eigenvalue weighted by Gasteiger charge is -2.45. The number of ether oxygens (including phenoxy) is 1. The predicted molar refractivity (Wildman–Crippen MR) is 112 cm³/mol. The molecule has 2 fully saturated rings. The number of nitrogens with one attached hydrogen (secondary N) is 1. The molecule has 3 heterocycles. The molecule has 162 valence electrons. The first-order chi connectivity index (χ1) is 14.4. The number of likely N-dealkylation sites (N-methyl/N-ethyl adjacent to an activating group) is 1. The molecule has 4 rings (SSSR count). The molecule has 0 aliphatic carbocycles. The summed E-state index contributed by atoms with van der Waals surface area (Å²) in [7, 11) is 1.75. The van der Waals surface area contributed by atoms with Crippen LogP contribution in [0, 0.1) is 0 Å². The molecule has 0 spiro atoms. The average molecular weight is 415 g/mol. The third kappa shape index (κ3) is 3.46. The number of imide groups is 1. The highest BCUT2D eigenvalue weighted by atomic mass is 16.5. The second kappa shape index (κ2) is 8.33. The van der Waals surface area contributed by atoms with E-state index in [1.54, 1.807) is 11.9 Å². The van der Waals surface area contributed by atoms with Crippen LogP contribution in [0.1, 0.15) is 26.3 Å². The molecular formula is C21H30N6O3. The highest BCUT2D eigenvalue weighted by Crippen LogP contribution is 2.33. The lowest BCUT2D eigenvalue weighted by Crippen LogP contribution is -2.67. The fourth-order valence-electron chi connectivity index (χ4n) is 4.43. The van der Waals surface area contributed by atoms with Crippen LogP contribution in [0.25, 0.3) is 0 Å². The highest BCUT2D eigenvalue weighted by Gasteiger charge is 2.57. The SMILES string of the molecule is CCOCCN1N=C(C)C(C)N2C3C(=O)N(Cc4ccccc4)C(=O)N(C)C3NC12. The molecule has 0 saturated carbocycles. The first-order valence-corrected chi connectivity index (χ1v) is 10.5. The van der Waals surface area contributed by atoms with E-state index in [0.29, 0.717) is 19.8 Å². The van der Waals surface area contributed by atoms with E-state index in [0.717, 1.165) is 11.3 Å². The van der Waals surface area contributed by atoms with Gasteiger partial charge in [0.2, 0.25) is 0 Å². The number of amides is 3. The van der Waals surface area contributed by atoms with Gasteiger partial charge in [0.25, 0.3) is 5.91 Å². The van der Waals surface area contributed by atoms with Crippen LogP contribution in [-0.4, -0.2) is 88.7 Å².